The van der Waals surface area contributed by atoms with Gasteiger partial charge in [-0.3, -0.25) is 0 Å². The van der Waals surface area contributed by atoms with Gasteiger partial charge in [0.25, 0.3) is 0 Å². The molecule has 0 aliphatic carbocycles. The molecule has 0 amide bonds. The predicted molar refractivity (Wildman–Crippen MR) is 112 cm³/mol. The van der Waals surface area contributed by atoms with E-state index in [0.29, 0.717) is 22.3 Å². The first-order chi connectivity index (χ1) is 13.1. The zero-order valence-electron chi connectivity index (χ0n) is 15.1. The van der Waals surface area contributed by atoms with Crippen molar-refractivity contribution in [3.05, 3.63) is 63.9 Å². The van der Waals surface area contributed by atoms with Crippen molar-refractivity contribution in [1.29, 1.82) is 0 Å². The van der Waals surface area contributed by atoms with Crippen molar-refractivity contribution in [3.8, 4) is 5.75 Å². The molecule has 0 radical (unpaired) electrons. The maximum absolute atomic E-state index is 6.25. The molecule has 27 heavy (non-hydrogen) atoms. The Hall–Kier alpha value is -1.89. The van der Waals surface area contributed by atoms with Crippen molar-refractivity contribution in [3.63, 3.8) is 0 Å². The largest absolute Gasteiger partial charge is 0.497 e. The van der Waals surface area contributed by atoms with E-state index in [9.17, 15) is 0 Å². The summed E-state index contributed by atoms with van der Waals surface area (Å²) >= 11 is 14.1. The van der Waals surface area contributed by atoms with Crippen molar-refractivity contribution in [2.24, 2.45) is 0 Å². The Kier molecular flexibility index (Phi) is 6.88. The number of benzene rings is 2. The first-order valence-corrected chi connectivity index (χ1v) is 10.2. The van der Waals surface area contributed by atoms with Gasteiger partial charge in [-0.05, 0) is 48.9 Å². The van der Waals surface area contributed by atoms with E-state index < -0.39 is 0 Å². The van der Waals surface area contributed by atoms with Gasteiger partial charge in [0.1, 0.15) is 5.75 Å². The summed E-state index contributed by atoms with van der Waals surface area (Å²) < 4.78 is 7.27. The summed E-state index contributed by atoms with van der Waals surface area (Å²) in [6, 6.07) is 13.3. The SMILES string of the molecule is CCn1c(CNc2ccc(OC)cc2)nnc1SCc1c(Cl)cccc1Cl. The first kappa shape index (κ1) is 19.9. The second-order valence-corrected chi connectivity index (χ2v) is 7.47. The number of rotatable bonds is 8. The summed E-state index contributed by atoms with van der Waals surface area (Å²) in [7, 11) is 1.65. The van der Waals surface area contributed by atoms with E-state index in [1.165, 1.54) is 0 Å². The third kappa shape index (κ3) is 4.89. The number of hydrogen-bond donors (Lipinski definition) is 1. The number of halogens is 2. The van der Waals surface area contributed by atoms with E-state index in [0.717, 1.165) is 34.5 Å². The highest BCUT2D eigenvalue weighted by Crippen LogP contribution is 2.31. The van der Waals surface area contributed by atoms with Crippen LogP contribution in [0.2, 0.25) is 10.0 Å². The highest BCUT2D eigenvalue weighted by atomic mass is 35.5. The lowest BCUT2D eigenvalue weighted by atomic mass is 10.2. The summed E-state index contributed by atoms with van der Waals surface area (Å²) in [5.41, 5.74) is 1.91. The Balaban J connectivity index is 1.67. The molecule has 2 aromatic carbocycles. The van der Waals surface area contributed by atoms with Gasteiger partial charge in [-0.15, -0.1) is 10.2 Å². The Morgan fingerprint density at radius 3 is 2.41 bits per heavy atom. The molecule has 0 atom stereocenters. The topological polar surface area (TPSA) is 52.0 Å². The number of thioether (sulfide) groups is 1. The lowest BCUT2D eigenvalue weighted by Crippen LogP contribution is -2.08. The summed E-state index contributed by atoms with van der Waals surface area (Å²) in [5, 5.41) is 14.2. The monoisotopic (exact) mass is 422 g/mol. The molecule has 142 valence electrons. The fourth-order valence-corrected chi connectivity index (χ4v) is 4.33. The van der Waals surface area contributed by atoms with Crippen LogP contribution in [0.1, 0.15) is 18.3 Å². The summed E-state index contributed by atoms with van der Waals surface area (Å²) in [6.07, 6.45) is 0. The number of anilines is 1. The predicted octanol–water partition coefficient (Wildman–Crippen LogP) is 5.52. The van der Waals surface area contributed by atoms with Crippen molar-refractivity contribution >= 4 is 40.7 Å². The molecule has 5 nitrogen and oxygen atoms in total. The molecule has 0 saturated heterocycles. The number of hydrogen-bond acceptors (Lipinski definition) is 5. The highest BCUT2D eigenvalue weighted by molar-refractivity contribution is 7.98. The number of nitrogens with one attached hydrogen (secondary N) is 1. The van der Waals surface area contributed by atoms with Crippen molar-refractivity contribution < 1.29 is 4.74 Å². The van der Waals surface area contributed by atoms with Crippen molar-refractivity contribution in [2.45, 2.75) is 30.9 Å². The maximum Gasteiger partial charge on any atom is 0.191 e. The average molecular weight is 423 g/mol. The number of nitrogens with zero attached hydrogens (tertiary/aromatic N) is 3. The van der Waals surface area contributed by atoms with Gasteiger partial charge in [0.05, 0.1) is 13.7 Å². The number of aromatic nitrogens is 3. The Morgan fingerprint density at radius 1 is 1.07 bits per heavy atom. The second-order valence-electron chi connectivity index (χ2n) is 5.71. The van der Waals surface area contributed by atoms with Gasteiger partial charge in [-0.25, -0.2) is 0 Å². The zero-order chi connectivity index (χ0) is 19.2. The quantitative estimate of drug-likeness (QED) is 0.484. The number of methoxy groups -OCH3 is 1. The Labute approximate surface area is 173 Å². The van der Waals surface area contributed by atoms with Gasteiger partial charge >= 0.3 is 0 Å². The third-order valence-electron chi connectivity index (χ3n) is 4.06. The van der Waals surface area contributed by atoms with Gasteiger partial charge in [-0.2, -0.15) is 0 Å². The van der Waals surface area contributed by atoms with Gasteiger partial charge in [0.2, 0.25) is 0 Å². The van der Waals surface area contributed by atoms with Crippen LogP contribution in [0.3, 0.4) is 0 Å². The molecule has 0 aliphatic rings. The minimum Gasteiger partial charge on any atom is -0.497 e. The van der Waals surface area contributed by atoms with Crippen LogP contribution in [-0.4, -0.2) is 21.9 Å². The Bertz CT molecular complexity index is 879. The molecule has 0 spiro atoms. The molecule has 1 heterocycles. The van der Waals surface area contributed by atoms with E-state index >= 15 is 0 Å². The standard InChI is InChI=1S/C19H20Cl2N4OS/c1-3-25-18(11-22-13-7-9-14(26-2)10-8-13)23-24-19(25)27-12-15-16(20)5-4-6-17(15)21/h4-10,22H,3,11-12H2,1-2H3. The van der Waals surface area contributed by atoms with E-state index in [1.54, 1.807) is 18.9 Å². The third-order valence-corrected chi connectivity index (χ3v) is 5.76. The van der Waals surface area contributed by atoms with E-state index in [4.69, 9.17) is 27.9 Å². The van der Waals surface area contributed by atoms with Crippen LogP contribution in [0.15, 0.2) is 47.6 Å². The molecule has 0 bridgehead atoms. The van der Waals surface area contributed by atoms with Crippen LogP contribution >= 0.6 is 35.0 Å². The fraction of sp³-hybridized carbons (Fsp3) is 0.263. The molecular formula is C19H20Cl2N4OS. The van der Waals surface area contributed by atoms with E-state index in [2.05, 4.69) is 27.0 Å². The molecular weight excluding hydrogens is 403 g/mol. The molecule has 1 aromatic heterocycles. The molecule has 8 heteroatoms. The van der Waals surface area contributed by atoms with Crippen molar-refractivity contribution in [2.75, 3.05) is 12.4 Å². The lowest BCUT2D eigenvalue weighted by molar-refractivity contribution is 0.415. The average Bonchev–Trinajstić information content (AvgIpc) is 3.08. The van der Waals surface area contributed by atoms with Crippen LogP contribution in [0.5, 0.6) is 5.75 Å². The maximum atomic E-state index is 6.25. The van der Waals surface area contributed by atoms with Gasteiger partial charge < -0.3 is 14.6 Å². The van der Waals surface area contributed by atoms with E-state index in [1.807, 2.05) is 42.5 Å². The number of ether oxygens (including phenoxy) is 1. The summed E-state index contributed by atoms with van der Waals surface area (Å²) in [4.78, 5) is 0. The molecule has 0 saturated carbocycles. The molecule has 3 aromatic rings. The van der Waals surface area contributed by atoms with Crippen LogP contribution in [0, 0.1) is 0 Å². The van der Waals surface area contributed by atoms with E-state index in [-0.39, 0.29) is 0 Å². The summed E-state index contributed by atoms with van der Waals surface area (Å²) in [5.74, 6) is 2.35. The molecule has 0 unspecified atom stereocenters. The van der Waals surface area contributed by atoms with Crippen LogP contribution in [-0.2, 0) is 18.8 Å². The van der Waals surface area contributed by atoms with Crippen LogP contribution in [0.25, 0.3) is 0 Å². The highest BCUT2D eigenvalue weighted by Gasteiger charge is 2.13. The zero-order valence-corrected chi connectivity index (χ0v) is 17.4. The van der Waals surface area contributed by atoms with Crippen LogP contribution < -0.4 is 10.1 Å². The minimum absolute atomic E-state index is 0.584. The van der Waals surface area contributed by atoms with Crippen molar-refractivity contribution in [1.82, 2.24) is 14.8 Å². The molecule has 1 N–H and O–H groups in total. The normalized spacial score (nSPS) is 10.8. The molecule has 3 rings (SSSR count). The molecule has 0 fully saturated rings. The first-order valence-electron chi connectivity index (χ1n) is 8.48. The smallest absolute Gasteiger partial charge is 0.191 e. The fourth-order valence-electron chi connectivity index (χ4n) is 2.57. The minimum atomic E-state index is 0.584. The van der Waals surface area contributed by atoms with Gasteiger partial charge in [-0.1, -0.05) is 41.0 Å². The Morgan fingerprint density at radius 2 is 1.78 bits per heavy atom. The van der Waals surface area contributed by atoms with Gasteiger partial charge in [0, 0.05) is 28.0 Å². The van der Waals surface area contributed by atoms with Gasteiger partial charge in [0.15, 0.2) is 11.0 Å². The second kappa shape index (κ2) is 9.35. The van der Waals surface area contributed by atoms with Crippen LogP contribution in [0.4, 0.5) is 5.69 Å². The molecule has 0 aliphatic heterocycles. The summed E-state index contributed by atoms with van der Waals surface area (Å²) in [6.45, 7) is 3.44. The lowest BCUT2D eigenvalue weighted by Gasteiger charge is -2.10.